The predicted molar refractivity (Wildman–Crippen MR) is 65.7 cm³/mol. The molecule has 16 heavy (non-hydrogen) atoms. The summed E-state index contributed by atoms with van der Waals surface area (Å²) in [7, 11) is -3.10. The van der Waals surface area contributed by atoms with Gasteiger partial charge in [0.25, 0.3) is 0 Å². The quantitative estimate of drug-likeness (QED) is 0.716. The van der Waals surface area contributed by atoms with Gasteiger partial charge in [-0.25, -0.2) is 8.42 Å². The van der Waals surface area contributed by atoms with Crippen LogP contribution in [0.15, 0.2) is 0 Å². The van der Waals surface area contributed by atoms with Crippen LogP contribution in [0.4, 0.5) is 0 Å². The normalized spacial score (nSPS) is 20.5. The average Bonchev–Trinajstić information content (AvgIpc) is 2.17. The molecule has 1 heterocycles. The second kappa shape index (κ2) is 5.95. The minimum Gasteiger partial charge on any atom is -0.329 e. The Kier molecular flexibility index (Phi) is 5.17. The van der Waals surface area contributed by atoms with Crippen LogP contribution in [0, 0.1) is 5.92 Å². The minimum absolute atomic E-state index is 0.0666. The molecule has 0 aromatic carbocycles. The zero-order valence-electron chi connectivity index (χ0n) is 10.2. The van der Waals surface area contributed by atoms with Gasteiger partial charge < -0.3 is 10.6 Å². The summed E-state index contributed by atoms with van der Waals surface area (Å²) in [5.74, 6) is 0.698. The van der Waals surface area contributed by atoms with Crippen molar-refractivity contribution in [3.63, 3.8) is 0 Å². The van der Waals surface area contributed by atoms with Crippen LogP contribution in [0.25, 0.3) is 0 Å². The Morgan fingerprint density at radius 1 is 1.19 bits per heavy atom. The fourth-order valence-corrected chi connectivity index (χ4v) is 3.26. The van der Waals surface area contributed by atoms with Gasteiger partial charge in [0.15, 0.2) is 0 Å². The lowest BCUT2D eigenvalue weighted by Gasteiger charge is -2.34. The number of nitrogens with two attached hydrogens (primary N) is 1. The van der Waals surface area contributed by atoms with Gasteiger partial charge in [-0.3, -0.25) is 0 Å². The van der Waals surface area contributed by atoms with Gasteiger partial charge in [0.2, 0.25) is 10.0 Å². The van der Waals surface area contributed by atoms with Crippen LogP contribution in [0.2, 0.25) is 0 Å². The molecule has 1 aliphatic heterocycles. The van der Waals surface area contributed by atoms with E-state index in [2.05, 4.69) is 18.7 Å². The number of sulfonamides is 1. The van der Waals surface area contributed by atoms with Crippen LogP contribution in [0.3, 0.4) is 0 Å². The van der Waals surface area contributed by atoms with Crippen LogP contribution in [0.1, 0.15) is 13.8 Å². The third-order valence-electron chi connectivity index (χ3n) is 2.72. The van der Waals surface area contributed by atoms with Gasteiger partial charge in [-0.2, -0.15) is 4.31 Å². The molecule has 0 bridgehead atoms. The summed E-state index contributed by atoms with van der Waals surface area (Å²) in [6.45, 7) is 8.49. The summed E-state index contributed by atoms with van der Waals surface area (Å²) in [6.07, 6.45) is 0. The van der Waals surface area contributed by atoms with Gasteiger partial charge in [0.1, 0.15) is 0 Å². The van der Waals surface area contributed by atoms with Crippen molar-refractivity contribution in [2.24, 2.45) is 11.7 Å². The molecular weight excluding hydrogens is 226 g/mol. The molecule has 5 nitrogen and oxygen atoms in total. The first-order chi connectivity index (χ1) is 7.45. The standard InChI is InChI=1S/C10H23N3O2S/c1-10(2)9-12-4-6-13(7-5-12)16(14,15)8-3-11/h10H,3-9,11H2,1-2H3. The molecule has 0 unspecified atom stereocenters. The molecule has 0 aromatic rings. The fraction of sp³-hybridized carbons (Fsp3) is 1.00. The third-order valence-corrected chi connectivity index (χ3v) is 4.63. The second-order valence-corrected chi connectivity index (χ2v) is 6.79. The van der Waals surface area contributed by atoms with Crippen LogP contribution in [-0.4, -0.2) is 62.6 Å². The maximum absolute atomic E-state index is 11.7. The van der Waals surface area contributed by atoms with Gasteiger partial charge in [-0.15, -0.1) is 0 Å². The van der Waals surface area contributed by atoms with E-state index in [4.69, 9.17) is 5.73 Å². The molecule has 1 fully saturated rings. The lowest BCUT2D eigenvalue weighted by molar-refractivity contribution is 0.172. The smallest absolute Gasteiger partial charge is 0.215 e. The van der Waals surface area contributed by atoms with Gasteiger partial charge in [0.05, 0.1) is 5.75 Å². The molecular formula is C10H23N3O2S. The van der Waals surface area contributed by atoms with Crippen molar-refractivity contribution in [2.45, 2.75) is 13.8 Å². The Balaban J connectivity index is 2.43. The number of hydrogen-bond acceptors (Lipinski definition) is 4. The Morgan fingerprint density at radius 2 is 1.75 bits per heavy atom. The molecule has 0 aliphatic carbocycles. The van der Waals surface area contributed by atoms with E-state index >= 15 is 0 Å². The molecule has 1 rings (SSSR count). The highest BCUT2D eigenvalue weighted by Crippen LogP contribution is 2.09. The molecule has 96 valence electrons. The molecule has 2 N–H and O–H groups in total. The number of hydrogen-bond donors (Lipinski definition) is 1. The molecule has 0 atom stereocenters. The van der Waals surface area contributed by atoms with Crippen LogP contribution in [-0.2, 0) is 10.0 Å². The Morgan fingerprint density at radius 3 is 2.19 bits per heavy atom. The summed E-state index contributed by atoms with van der Waals surface area (Å²) < 4.78 is 25.0. The van der Waals surface area contributed by atoms with Crippen molar-refractivity contribution in [3.05, 3.63) is 0 Å². The molecule has 1 aliphatic rings. The van der Waals surface area contributed by atoms with E-state index in [9.17, 15) is 8.42 Å². The first-order valence-electron chi connectivity index (χ1n) is 5.86. The van der Waals surface area contributed by atoms with Crippen LogP contribution < -0.4 is 5.73 Å². The van der Waals surface area contributed by atoms with Crippen molar-refractivity contribution in [2.75, 3.05) is 45.0 Å². The highest BCUT2D eigenvalue weighted by molar-refractivity contribution is 7.89. The summed E-state index contributed by atoms with van der Waals surface area (Å²) in [4.78, 5) is 2.32. The molecule has 0 amide bonds. The zero-order valence-corrected chi connectivity index (χ0v) is 11.0. The molecule has 1 saturated heterocycles. The van der Waals surface area contributed by atoms with E-state index in [-0.39, 0.29) is 12.3 Å². The van der Waals surface area contributed by atoms with Crippen molar-refractivity contribution in [1.29, 1.82) is 0 Å². The van der Waals surface area contributed by atoms with Gasteiger partial charge in [-0.1, -0.05) is 13.8 Å². The summed E-state index contributed by atoms with van der Waals surface area (Å²) in [6, 6.07) is 0. The molecule has 0 saturated carbocycles. The maximum atomic E-state index is 11.7. The van der Waals surface area contributed by atoms with Crippen LogP contribution >= 0.6 is 0 Å². The second-order valence-electron chi connectivity index (χ2n) is 4.70. The van der Waals surface area contributed by atoms with Crippen molar-refractivity contribution in [3.8, 4) is 0 Å². The Labute approximate surface area is 98.6 Å². The van der Waals surface area contributed by atoms with Gasteiger partial charge in [-0.05, 0) is 5.92 Å². The highest BCUT2D eigenvalue weighted by atomic mass is 32.2. The predicted octanol–water partition coefficient (Wildman–Crippen LogP) is -0.451. The number of rotatable bonds is 5. The van der Waals surface area contributed by atoms with E-state index in [0.717, 1.165) is 19.6 Å². The van der Waals surface area contributed by atoms with E-state index in [1.54, 1.807) is 4.31 Å². The molecule has 0 spiro atoms. The lowest BCUT2D eigenvalue weighted by atomic mass is 10.2. The van der Waals surface area contributed by atoms with Crippen molar-refractivity contribution < 1.29 is 8.42 Å². The van der Waals surface area contributed by atoms with E-state index in [1.165, 1.54) is 0 Å². The van der Waals surface area contributed by atoms with Gasteiger partial charge in [0, 0.05) is 39.3 Å². The fourth-order valence-electron chi connectivity index (χ4n) is 1.98. The Bertz CT molecular complexity index is 295. The van der Waals surface area contributed by atoms with Gasteiger partial charge >= 0.3 is 0 Å². The lowest BCUT2D eigenvalue weighted by Crippen LogP contribution is -2.50. The summed E-state index contributed by atoms with van der Waals surface area (Å²) >= 11 is 0. The maximum Gasteiger partial charge on any atom is 0.215 e. The Hall–Kier alpha value is -0.170. The highest BCUT2D eigenvalue weighted by Gasteiger charge is 2.26. The monoisotopic (exact) mass is 249 g/mol. The molecule has 0 aromatic heterocycles. The van der Waals surface area contributed by atoms with E-state index in [1.807, 2.05) is 0 Å². The summed E-state index contributed by atoms with van der Waals surface area (Å²) in [5.41, 5.74) is 5.30. The van der Waals surface area contributed by atoms with E-state index in [0.29, 0.717) is 19.0 Å². The molecule has 6 heteroatoms. The first-order valence-corrected chi connectivity index (χ1v) is 7.47. The van der Waals surface area contributed by atoms with Crippen molar-refractivity contribution in [1.82, 2.24) is 9.21 Å². The SMILES string of the molecule is CC(C)CN1CCN(S(=O)(=O)CCN)CC1. The topological polar surface area (TPSA) is 66.6 Å². The zero-order chi connectivity index (χ0) is 12.2. The minimum atomic E-state index is -3.10. The van der Waals surface area contributed by atoms with Crippen LogP contribution in [0.5, 0.6) is 0 Å². The summed E-state index contributed by atoms with van der Waals surface area (Å²) in [5, 5.41) is 0. The average molecular weight is 249 g/mol. The number of nitrogens with zero attached hydrogens (tertiary/aromatic N) is 2. The molecule has 0 radical (unpaired) electrons. The van der Waals surface area contributed by atoms with E-state index < -0.39 is 10.0 Å². The third kappa shape index (κ3) is 4.01. The largest absolute Gasteiger partial charge is 0.329 e. The van der Waals surface area contributed by atoms with Crippen molar-refractivity contribution >= 4 is 10.0 Å². The number of piperazine rings is 1. The first kappa shape index (κ1) is 13.9.